The highest BCUT2D eigenvalue weighted by molar-refractivity contribution is 7.92. The van der Waals surface area contributed by atoms with Crippen molar-refractivity contribution in [3.8, 4) is 11.5 Å². The van der Waals surface area contributed by atoms with Crippen LogP contribution in [0.2, 0.25) is 0 Å². The summed E-state index contributed by atoms with van der Waals surface area (Å²) in [6.45, 7) is 7.68. The molecular weight excluding hydrogens is 318 g/mol. The zero-order valence-corrected chi connectivity index (χ0v) is 15.4. The molecule has 130 valence electrons. The number of rotatable bonds is 7. The van der Waals surface area contributed by atoms with Crippen LogP contribution in [-0.4, -0.2) is 51.8 Å². The predicted molar refractivity (Wildman–Crippen MR) is 88.9 cm³/mol. The first kappa shape index (κ1) is 19.3. The van der Waals surface area contributed by atoms with E-state index in [4.69, 9.17) is 9.47 Å². The molecule has 0 aliphatic carbocycles. The largest absolute Gasteiger partial charge is 0.493 e. The van der Waals surface area contributed by atoms with E-state index in [2.05, 4.69) is 0 Å². The Hall–Kier alpha value is -1.76. The molecule has 1 aromatic carbocycles. The van der Waals surface area contributed by atoms with E-state index in [9.17, 15) is 13.2 Å². The SMILES string of the molecule is CCN(CC)C(=O)C(C)S(=O)(=O)c1cc(OC)c(OC)cc1C. The monoisotopic (exact) mass is 343 g/mol. The number of carbonyl (C=O) groups excluding carboxylic acids is 1. The average Bonchev–Trinajstić information content (AvgIpc) is 2.54. The summed E-state index contributed by atoms with van der Waals surface area (Å²) in [6.07, 6.45) is 0. The van der Waals surface area contributed by atoms with Gasteiger partial charge in [-0.2, -0.15) is 0 Å². The number of aryl methyl sites for hydroxylation is 1. The van der Waals surface area contributed by atoms with Crippen molar-refractivity contribution in [1.29, 1.82) is 0 Å². The van der Waals surface area contributed by atoms with Gasteiger partial charge < -0.3 is 14.4 Å². The zero-order chi connectivity index (χ0) is 17.8. The van der Waals surface area contributed by atoms with Crippen LogP contribution in [0.4, 0.5) is 0 Å². The first-order valence-corrected chi connectivity index (χ1v) is 9.04. The van der Waals surface area contributed by atoms with Gasteiger partial charge >= 0.3 is 0 Å². The Kier molecular flexibility index (Phi) is 6.44. The molecule has 1 rings (SSSR count). The second-order valence-electron chi connectivity index (χ2n) is 5.17. The minimum atomic E-state index is -3.82. The second kappa shape index (κ2) is 7.68. The van der Waals surface area contributed by atoms with E-state index in [1.54, 1.807) is 13.0 Å². The van der Waals surface area contributed by atoms with Gasteiger partial charge in [-0.05, 0) is 39.3 Å². The Morgan fingerprint density at radius 3 is 2.04 bits per heavy atom. The van der Waals surface area contributed by atoms with Gasteiger partial charge in [0.15, 0.2) is 21.3 Å². The predicted octanol–water partition coefficient (Wildman–Crippen LogP) is 2.04. The van der Waals surface area contributed by atoms with Crippen LogP contribution in [0, 0.1) is 6.92 Å². The molecule has 1 amide bonds. The van der Waals surface area contributed by atoms with E-state index in [1.807, 2.05) is 13.8 Å². The Labute approximate surface area is 138 Å². The molecule has 1 unspecified atom stereocenters. The number of hydrogen-bond donors (Lipinski definition) is 0. The summed E-state index contributed by atoms with van der Waals surface area (Å²) in [7, 11) is -0.896. The van der Waals surface area contributed by atoms with Gasteiger partial charge in [-0.15, -0.1) is 0 Å². The van der Waals surface area contributed by atoms with Gasteiger partial charge in [0.05, 0.1) is 19.1 Å². The highest BCUT2D eigenvalue weighted by atomic mass is 32.2. The fraction of sp³-hybridized carbons (Fsp3) is 0.562. The van der Waals surface area contributed by atoms with Crippen LogP contribution < -0.4 is 9.47 Å². The lowest BCUT2D eigenvalue weighted by molar-refractivity contribution is -0.130. The number of ether oxygens (including phenoxy) is 2. The molecule has 1 aromatic rings. The number of sulfone groups is 1. The van der Waals surface area contributed by atoms with Crippen LogP contribution in [0.15, 0.2) is 17.0 Å². The number of nitrogens with zero attached hydrogens (tertiary/aromatic N) is 1. The lowest BCUT2D eigenvalue weighted by atomic mass is 10.2. The molecule has 0 spiro atoms. The quantitative estimate of drug-likeness (QED) is 0.757. The van der Waals surface area contributed by atoms with Crippen molar-refractivity contribution >= 4 is 15.7 Å². The molecule has 0 saturated carbocycles. The van der Waals surface area contributed by atoms with Crippen molar-refractivity contribution in [2.75, 3.05) is 27.3 Å². The maximum Gasteiger partial charge on any atom is 0.240 e. The zero-order valence-electron chi connectivity index (χ0n) is 14.5. The van der Waals surface area contributed by atoms with Gasteiger partial charge in [0, 0.05) is 19.2 Å². The van der Waals surface area contributed by atoms with Gasteiger partial charge in [0.2, 0.25) is 5.91 Å². The normalized spacial score (nSPS) is 12.6. The lowest BCUT2D eigenvalue weighted by Gasteiger charge is -2.23. The van der Waals surface area contributed by atoms with Crippen molar-refractivity contribution < 1.29 is 22.7 Å². The molecule has 0 aromatic heterocycles. The van der Waals surface area contributed by atoms with Crippen LogP contribution in [0.5, 0.6) is 11.5 Å². The van der Waals surface area contributed by atoms with Crippen LogP contribution in [-0.2, 0) is 14.6 Å². The average molecular weight is 343 g/mol. The summed E-state index contributed by atoms with van der Waals surface area (Å²) in [5, 5.41) is -1.15. The first-order valence-electron chi connectivity index (χ1n) is 7.49. The van der Waals surface area contributed by atoms with Crippen molar-refractivity contribution in [1.82, 2.24) is 4.90 Å². The Balaban J connectivity index is 3.35. The molecule has 0 aliphatic heterocycles. The standard InChI is InChI=1S/C16H25NO5S/c1-7-17(8-2)16(18)12(4)23(19,20)15-10-14(22-6)13(21-5)9-11(15)3/h9-10,12H,7-8H2,1-6H3. The Morgan fingerprint density at radius 2 is 1.61 bits per heavy atom. The van der Waals surface area contributed by atoms with Crippen LogP contribution >= 0.6 is 0 Å². The summed E-state index contributed by atoms with van der Waals surface area (Å²) >= 11 is 0. The van der Waals surface area contributed by atoms with Crippen molar-refractivity contribution in [3.63, 3.8) is 0 Å². The van der Waals surface area contributed by atoms with Crippen molar-refractivity contribution in [2.45, 2.75) is 37.8 Å². The highest BCUT2D eigenvalue weighted by Gasteiger charge is 2.34. The topological polar surface area (TPSA) is 72.9 Å². The van der Waals surface area contributed by atoms with Gasteiger partial charge in [-0.3, -0.25) is 4.79 Å². The summed E-state index contributed by atoms with van der Waals surface area (Å²) in [5.74, 6) is 0.370. The Morgan fingerprint density at radius 1 is 1.13 bits per heavy atom. The maximum absolute atomic E-state index is 12.9. The molecule has 7 heteroatoms. The van der Waals surface area contributed by atoms with Gasteiger partial charge in [0.25, 0.3) is 0 Å². The number of benzene rings is 1. The van der Waals surface area contributed by atoms with Crippen LogP contribution in [0.3, 0.4) is 0 Å². The molecular formula is C16H25NO5S. The fourth-order valence-electron chi connectivity index (χ4n) is 2.38. The molecule has 0 aliphatic rings. The van der Waals surface area contributed by atoms with Crippen LogP contribution in [0.1, 0.15) is 26.3 Å². The van der Waals surface area contributed by atoms with E-state index in [0.717, 1.165) is 0 Å². The molecule has 0 N–H and O–H groups in total. The van der Waals surface area contributed by atoms with Crippen molar-refractivity contribution in [2.24, 2.45) is 0 Å². The first-order chi connectivity index (χ1) is 10.7. The van der Waals surface area contributed by atoms with Gasteiger partial charge in [-0.1, -0.05) is 0 Å². The summed E-state index contributed by atoms with van der Waals surface area (Å²) in [4.78, 5) is 14.0. The summed E-state index contributed by atoms with van der Waals surface area (Å²) in [5.41, 5.74) is 0.516. The second-order valence-corrected chi connectivity index (χ2v) is 7.41. The number of methoxy groups -OCH3 is 2. The molecule has 0 saturated heterocycles. The van der Waals surface area contributed by atoms with E-state index in [-0.39, 0.29) is 4.90 Å². The molecule has 1 atom stereocenters. The maximum atomic E-state index is 12.9. The van der Waals surface area contributed by atoms with E-state index in [1.165, 1.54) is 32.1 Å². The highest BCUT2D eigenvalue weighted by Crippen LogP contribution is 2.34. The molecule has 0 radical (unpaired) electrons. The summed E-state index contributed by atoms with van der Waals surface area (Å²) < 4.78 is 36.1. The van der Waals surface area contributed by atoms with E-state index < -0.39 is 21.0 Å². The minimum absolute atomic E-state index is 0.0863. The third-order valence-electron chi connectivity index (χ3n) is 3.88. The number of amides is 1. The van der Waals surface area contributed by atoms with E-state index in [0.29, 0.717) is 30.2 Å². The van der Waals surface area contributed by atoms with Crippen LogP contribution in [0.25, 0.3) is 0 Å². The Bertz CT molecular complexity index is 665. The van der Waals surface area contributed by atoms with Gasteiger partial charge in [-0.25, -0.2) is 8.42 Å². The van der Waals surface area contributed by atoms with Gasteiger partial charge in [0.1, 0.15) is 5.25 Å². The molecule has 6 nitrogen and oxygen atoms in total. The lowest BCUT2D eigenvalue weighted by Crippen LogP contribution is -2.41. The molecule has 23 heavy (non-hydrogen) atoms. The van der Waals surface area contributed by atoms with E-state index >= 15 is 0 Å². The minimum Gasteiger partial charge on any atom is -0.493 e. The molecule has 0 fully saturated rings. The molecule has 0 heterocycles. The number of carbonyl (C=O) groups is 1. The number of hydrogen-bond acceptors (Lipinski definition) is 5. The third-order valence-corrected chi connectivity index (χ3v) is 6.06. The smallest absolute Gasteiger partial charge is 0.240 e. The third kappa shape index (κ3) is 3.77. The fourth-order valence-corrected chi connectivity index (χ4v) is 3.96. The van der Waals surface area contributed by atoms with Crippen molar-refractivity contribution in [3.05, 3.63) is 17.7 Å². The molecule has 0 bridgehead atoms. The summed E-state index contributed by atoms with van der Waals surface area (Å²) in [6, 6.07) is 3.01.